The van der Waals surface area contributed by atoms with E-state index in [1.807, 2.05) is 18.2 Å². The second kappa shape index (κ2) is 12.8. The fraction of sp³-hybridized carbons (Fsp3) is 0.632. The van der Waals surface area contributed by atoms with Crippen molar-refractivity contribution in [2.75, 3.05) is 46.9 Å². The first-order chi connectivity index (χ1) is 12.1. The first-order valence-electron chi connectivity index (χ1n) is 9.13. The topological polar surface area (TPSA) is 48.9 Å². The summed E-state index contributed by atoms with van der Waals surface area (Å²) in [5, 5.41) is 7.44. The first-order valence-corrected chi connectivity index (χ1v) is 9.51. The van der Waals surface area contributed by atoms with Crippen molar-refractivity contribution >= 4 is 17.6 Å². The van der Waals surface area contributed by atoms with E-state index in [-0.39, 0.29) is 0 Å². The van der Waals surface area contributed by atoms with Gasteiger partial charge in [-0.25, -0.2) is 0 Å². The summed E-state index contributed by atoms with van der Waals surface area (Å²) in [6.45, 7) is 9.55. The van der Waals surface area contributed by atoms with Crippen LogP contribution in [0.1, 0.15) is 32.3 Å². The highest BCUT2D eigenvalue weighted by Crippen LogP contribution is 2.22. The molecule has 25 heavy (non-hydrogen) atoms. The van der Waals surface area contributed by atoms with Gasteiger partial charge in [0.25, 0.3) is 0 Å². The summed E-state index contributed by atoms with van der Waals surface area (Å²) < 4.78 is 5.17. The number of methoxy groups -OCH3 is 1. The summed E-state index contributed by atoms with van der Waals surface area (Å²) in [6, 6.07) is 5.79. The molecule has 0 heterocycles. The number of guanidine groups is 1. The molecule has 0 amide bonds. The molecule has 0 saturated carbocycles. The van der Waals surface area contributed by atoms with E-state index >= 15 is 0 Å². The van der Waals surface area contributed by atoms with Crippen molar-refractivity contribution in [3.63, 3.8) is 0 Å². The van der Waals surface area contributed by atoms with E-state index in [1.54, 1.807) is 14.2 Å². The quantitative estimate of drug-likeness (QED) is 0.358. The van der Waals surface area contributed by atoms with Gasteiger partial charge in [-0.1, -0.05) is 31.5 Å². The van der Waals surface area contributed by atoms with Gasteiger partial charge in [0.05, 0.1) is 7.11 Å². The van der Waals surface area contributed by atoms with Crippen LogP contribution in [-0.2, 0) is 6.42 Å². The third-order valence-electron chi connectivity index (χ3n) is 4.26. The number of aliphatic imine (C=N–C) groups is 1. The minimum absolute atomic E-state index is 0.737. The maximum atomic E-state index is 6.27. The summed E-state index contributed by atoms with van der Waals surface area (Å²) in [5.41, 5.74) is 1.10. The van der Waals surface area contributed by atoms with Gasteiger partial charge in [0.2, 0.25) is 0 Å². The number of nitrogens with one attached hydrogen (secondary N) is 2. The van der Waals surface area contributed by atoms with Crippen LogP contribution in [-0.4, -0.2) is 57.7 Å². The van der Waals surface area contributed by atoms with Crippen molar-refractivity contribution in [2.24, 2.45) is 4.99 Å². The standard InChI is InChI=1S/C19H33ClN4O/c1-5-24(6-2)14-8-7-12-22-19(21-3)23-13-11-16-9-10-17(25-4)15-18(16)20/h9-10,15H,5-8,11-14H2,1-4H3,(H2,21,22,23). The molecule has 0 aliphatic carbocycles. The van der Waals surface area contributed by atoms with E-state index in [2.05, 4.69) is 34.4 Å². The van der Waals surface area contributed by atoms with Crippen LogP contribution in [0.4, 0.5) is 0 Å². The molecule has 6 heteroatoms. The van der Waals surface area contributed by atoms with Gasteiger partial charge in [0.15, 0.2) is 5.96 Å². The molecule has 0 radical (unpaired) electrons. The number of nitrogens with zero attached hydrogens (tertiary/aromatic N) is 2. The average molecular weight is 369 g/mol. The summed E-state index contributed by atoms with van der Waals surface area (Å²) in [7, 11) is 3.44. The second-order valence-electron chi connectivity index (χ2n) is 5.87. The molecule has 0 spiro atoms. The molecule has 5 nitrogen and oxygen atoms in total. The molecular weight excluding hydrogens is 336 g/mol. The molecule has 0 aliphatic rings. The SMILES string of the molecule is CCN(CC)CCCCNC(=NC)NCCc1ccc(OC)cc1Cl. The fourth-order valence-electron chi connectivity index (χ4n) is 2.60. The molecule has 0 unspecified atom stereocenters. The number of hydrogen-bond donors (Lipinski definition) is 2. The van der Waals surface area contributed by atoms with Gasteiger partial charge in [0.1, 0.15) is 5.75 Å². The molecule has 0 aliphatic heterocycles. The highest BCUT2D eigenvalue weighted by molar-refractivity contribution is 6.31. The van der Waals surface area contributed by atoms with Crippen molar-refractivity contribution in [2.45, 2.75) is 33.1 Å². The molecule has 0 atom stereocenters. The van der Waals surface area contributed by atoms with E-state index in [4.69, 9.17) is 16.3 Å². The van der Waals surface area contributed by atoms with Gasteiger partial charge in [-0.2, -0.15) is 0 Å². The molecule has 142 valence electrons. The Morgan fingerprint density at radius 2 is 1.88 bits per heavy atom. The Balaban J connectivity index is 2.24. The Kier molecular flexibility index (Phi) is 11.1. The van der Waals surface area contributed by atoms with Crippen molar-refractivity contribution in [1.29, 1.82) is 0 Å². The number of hydrogen-bond acceptors (Lipinski definition) is 3. The van der Waals surface area contributed by atoms with Crippen LogP contribution in [0.15, 0.2) is 23.2 Å². The zero-order valence-electron chi connectivity index (χ0n) is 16.1. The predicted molar refractivity (Wildman–Crippen MR) is 108 cm³/mol. The molecule has 0 bridgehead atoms. The van der Waals surface area contributed by atoms with Crippen LogP contribution in [0.2, 0.25) is 5.02 Å². The Hall–Kier alpha value is -1.46. The summed E-state index contributed by atoms with van der Waals surface area (Å²) >= 11 is 6.27. The maximum absolute atomic E-state index is 6.27. The molecule has 0 fully saturated rings. The lowest BCUT2D eigenvalue weighted by atomic mass is 10.1. The van der Waals surface area contributed by atoms with Crippen LogP contribution in [0.5, 0.6) is 5.75 Å². The van der Waals surface area contributed by atoms with Gasteiger partial charge >= 0.3 is 0 Å². The summed E-state index contributed by atoms with van der Waals surface area (Å²) in [4.78, 5) is 6.72. The van der Waals surface area contributed by atoms with Gasteiger partial charge in [0, 0.05) is 25.2 Å². The number of ether oxygens (including phenoxy) is 1. The Bertz CT molecular complexity index is 518. The Morgan fingerprint density at radius 3 is 2.48 bits per heavy atom. The van der Waals surface area contributed by atoms with Gasteiger partial charge in [-0.15, -0.1) is 0 Å². The third kappa shape index (κ3) is 8.45. The highest BCUT2D eigenvalue weighted by Gasteiger charge is 2.04. The van der Waals surface area contributed by atoms with E-state index in [9.17, 15) is 0 Å². The lowest BCUT2D eigenvalue weighted by Gasteiger charge is -2.18. The largest absolute Gasteiger partial charge is 0.497 e. The normalized spacial score (nSPS) is 11.7. The van der Waals surface area contributed by atoms with E-state index in [0.717, 1.165) is 67.9 Å². The molecule has 1 aromatic carbocycles. The minimum Gasteiger partial charge on any atom is -0.497 e. The molecule has 1 aromatic rings. The van der Waals surface area contributed by atoms with Crippen LogP contribution in [0.25, 0.3) is 0 Å². The van der Waals surface area contributed by atoms with Gasteiger partial charge in [-0.3, -0.25) is 4.99 Å². The molecule has 0 aromatic heterocycles. The van der Waals surface area contributed by atoms with Crippen molar-refractivity contribution < 1.29 is 4.74 Å². The summed E-state index contributed by atoms with van der Waals surface area (Å²) in [6.07, 6.45) is 3.18. The van der Waals surface area contributed by atoms with Crippen molar-refractivity contribution in [3.05, 3.63) is 28.8 Å². The lowest BCUT2D eigenvalue weighted by molar-refractivity contribution is 0.297. The van der Waals surface area contributed by atoms with Crippen LogP contribution < -0.4 is 15.4 Å². The zero-order valence-corrected chi connectivity index (χ0v) is 16.8. The molecule has 1 rings (SSSR count). The second-order valence-corrected chi connectivity index (χ2v) is 6.27. The number of unbranched alkanes of at least 4 members (excludes halogenated alkanes) is 1. The van der Waals surface area contributed by atoms with Crippen molar-refractivity contribution in [3.8, 4) is 5.75 Å². The summed E-state index contributed by atoms with van der Waals surface area (Å²) in [5.74, 6) is 1.62. The highest BCUT2D eigenvalue weighted by atomic mass is 35.5. The molecular formula is C19H33ClN4O. The smallest absolute Gasteiger partial charge is 0.190 e. The molecule has 0 saturated heterocycles. The van der Waals surface area contributed by atoms with E-state index in [0.29, 0.717) is 0 Å². The van der Waals surface area contributed by atoms with Crippen LogP contribution in [0.3, 0.4) is 0 Å². The number of halogens is 1. The number of rotatable bonds is 11. The first kappa shape index (κ1) is 21.6. The Labute approximate surface area is 157 Å². The van der Waals surface area contributed by atoms with Crippen LogP contribution in [0, 0.1) is 0 Å². The monoisotopic (exact) mass is 368 g/mol. The van der Waals surface area contributed by atoms with E-state index < -0.39 is 0 Å². The zero-order chi connectivity index (χ0) is 18.5. The van der Waals surface area contributed by atoms with Gasteiger partial charge in [-0.05, 0) is 56.6 Å². The van der Waals surface area contributed by atoms with E-state index in [1.165, 1.54) is 6.42 Å². The fourth-order valence-corrected chi connectivity index (χ4v) is 2.87. The van der Waals surface area contributed by atoms with Crippen molar-refractivity contribution in [1.82, 2.24) is 15.5 Å². The maximum Gasteiger partial charge on any atom is 0.190 e. The Morgan fingerprint density at radius 1 is 1.16 bits per heavy atom. The minimum atomic E-state index is 0.737. The van der Waals surface area contributed by atoms with Crippen LogP contribution >= 0.6 is 11.6 Å². The third-order valence-corrected chi connectivity index (χ3v) is 4.61. The number of benzene rings is 1. The van der Waals surface area contributed by atoms with Gasteiger partial charge < -0.3 is 20.3 Å². The predicted octanol–water partition coefficient (Wildman–Crippen LogP) is 3.18. The average Bonchev–Trinajstić information content (AvgIpc) is 2.64. The molecule has 2 N–H and O–H groups in total. The lowest BCUT2D eigenvalue weighted by Crippen LogP contribution is -2.39.